The number of nitrogens with zero attached hydrogens (tertiary/aromatic N) is 1. The van der Waals surface area contributed by atoms with Gasteiger partial charge in [0.25, 0.3) is 5.91 Å². The van der Waals surface area contributed by atoms with Crippen LogP contribution in [-0.2, 0) is 9.53 Å². The van der Waals surface area contributed by atoms with Gasteiger partial charge >= 0.3 is 5.97 Å². The van der Waals surface area contributed by atoms with Crippen LogP contribution in [0.5, 0.6) is 0 Å². The zero-order valence-electron chi connectivity index (χ0n) is 12.5. The van der Waals surface area contributed by atoms with Gasteiger partial charge in [0.15, 0.2) is 0 Å². The predicted molar refractivity (Wildman–Crippen MR) is 86.1 cm³/mol. The van der Waals surface area contributed by atoms with Crippen LogP contribution in [0.25, 0.3) is 0 Å². The van der Waals surface area contributed by atoms with Crippen LogP contribution in [0.2, 0.25) is 5.02 Å². The molecule has 0 heterocycles. The van der Waals surface area contributed by atoms with Gasteiger partial charge in [-0.2, -0.15) is 0 Å². The minimum atomic E-state index is -0.406. The van der Waals surface area contributed by atoms with Gasteiger partial charge in [0.05, 0.1) is 17.2 Å². The molecule has 6 heteroatoms. The van der Waals surface area contributed by atoms with Gasteiger partial charge in [-0.25, -0.2) is 0 Å². The SMILES string of the molecule is CCCN(CC(=O)OCC)C(=O)c1cc(SC)ccc1Cl. The summed E-state index contributed by atoms with van der Waals surface area (Å²) in [5, 5.41) is 0.391. The lowest BCUT2D eigenvalue weighted by Crippen LogP contribution is -2.37. The highest BCUT2D eigenvalue weighted by Gasteiger charge is 2.21. The van der Waals surface area contributed by atoms with E-state index in [1.54, 1.807) is 19.1 Å². The fraction of sp³-hybridized carbons (Fsp3) is 0.467. The quantitative estimate of drug-likeness (QED) is 0.567. The topological polar surface area (TPSA) is 46.6 Å². The number of amides is 1. The second-order valence-corrected chi connectivity index (χ2v) is 5.66. The molecule has 4 nitrogen and oxygen atoms in total. The number of rotatable bonds is 7. The number of hydrogen-bond donors (Lipinski definition) is 0. The fourth-order valence-electron chi connectivity index (χ4n) is 1.85. The lowest BCUT2D eigenvalue weighted by atomic mass is 10.2. The summed E-state index contributed by atoms with van der Waals surface area (Å²) in [4.78, 5) is 26.6. The van der Waals surface area contributed by atoms with Gasteiger partial charge in [-0.3, -0.25) is 9.59 Å². The molecule has 0 saturated carbocycles. The third kappa shape index (κ3) is 5.25. The van der Waals surface area contributed by atoms with Crippen molar-refractivity contribution in [2.75, 3.05) is 26.0 Å². The maximum atomic E-state index is 12.6. The Morgan fingerprint density at radius 3 is 2.62 bits per heavy atom. The molecule has 0 aliphatic carbocycles. The summed E-state index contributed by atoms with van der Waals surface area (Å²) in [5.41, 5.74) is 0.418. The van der Waals surface area contributed by atoms with E-state index in [0.29, 0.717) is 23.7 Å². The number of thioether (sulfide) groups is 1. The Bertz CT molecular complexity index is 508. The summed E-state index contributed by atoms with van der Waals surface area (Å²) in [5.74, 6) is -0.651. The Morgan fingerprint density at radius 1 is 1.33 bits per heavy atom. The first kappa shape index (κ1) is 17.9. The van der Waals surface area contributed by atoms with Gasteiger partial charge in [-0.15, -0.1) is 11.8 Å². The van der Waals surface area contributed by atoms with Crippen LogP contribution in [0, 0.1) is 0 Å². The summed E-state index contributed by atoms with van der Waals surface area (Å²) in [7, 11) is 0. The number of carbonyl (C=O) groups is 2. The number of esters is 1. The summed E-state index contributed by atoms with van der Waals surface area (Å²) in [6.45, 7) is 4.42. The molecular formula is C15H20ClNO3S. The van der Waals surface area contributed by atoms with E-state index in [4.69, 9.17) is 16.3 Å². The van der Waals surface area contributed by atoms with Crippen molar-refractivity contribution in [3.8, 4) is 0 Å². The van der Waals surface area contributed by atoms with Crippen LogP contribution in [0.15, 0.2) is 23.1 Å². The number of carbonyl (C=O) groups excluding carboxylic acids is 2. The number of hydrogen-bond acceptors (Lipinski definition) is 4. The highest BCUT2D eigenvalue weighted by molar-refractivity contribution is 7.98. The van der Waals surface area contributed by atoms with Crippen molar-refractivity contribution in [1.29, 1.82) is 0 Å². The van der Waals surface area contributed by atoms with Gasteiger partial charge in [-0.05, 0) is 37.8 Å². The van der Waals surface area contributed by atoms with Crippen LogP contribution in [0.1, 0.15) is 30.6 Å². The summed E-state index contributed by atoms with van der Waals surface area (Å²) >= 11 is 7.65. The molecule has 0 saturated heterocycles. The molecule has 0 bridgehead atoms. The summed E-state index contributed by atoms with van der Waals surface area (Å²) in [6.07, 6.45) is 2.69. The van der Waals surface area contributed by atoms with Crippen molar-refractivity contribution in [3.63, 3.8) is 0 Å². The predicted octanol–water partition coefficient (Wildman–Crippen LogP) is 3.48. The van der Waals surface area contributed by atoms with Crippen molar-refractivity contribution in [3.05, 3.63) is 28.8 Å². The molecular weight excluding hydrogens is 310 g/mol. The number of benzene rings is 1. The second-order valence-electron chi connectivity index (χ2n) is 4.38. The van der Waals surface area contributed by atoms with E-state index in [1.165, 1.54) is 16.7 Å². The third-order valence-electron chi connectivity index (χ3n) is 2.81. The molecule has 1 rings (SSSR count). The molecule has 0 atom stereocenters. The Labute approximate surface area is 134 Å². The van der Waals surface area contributed by atoms with E-state index in [-0.39, 0.29) is 12.5 Å². The van der Waals surface area contributed by atoms with Crippen molar-refractivity contribution >= 4 is 35.2 Å². The third-order valence-corrected chi connectivity index (χ3v) is 3.86. The van der Waals surface area contributed by atoms with E-state index in [9.17, 15) is 9.59 Å². The molecule has 1 amide bonds. The normalized spacial score (nSPS) is 10.3. The van der Waals surface area contributed by atoms with Gasteiger partial charge in [0.1, 0.15) is 6.54 Å². The van der Waals surface area contributed by atoms with E-state index in [1.807, 2.05) is 19.2 Å². The highest BCUT2D eigenvalue weighted by Crippen LogP contribution is 2.24. The molecule has 21 heavy (non-hydrogen) atoms. The molecule has 1 aromatic carbocycles. The molecule has 0 N–H and O–H groups in total. The fourth-order valence-corrected chi connectivity index (χ4v) is 2.49. The summed E-state index contributed by atoms with van der Waals surface area (Å²) in [6, 6.07) is 5.32. The van der Waals surface area contributed by atoms with Crippen LogP contribution in [-0.4, -0.2) is 42.7 Å². The standard InChI is InChI=1S/C15H20ClNO3S/c1-4-8-17(10-14(18)20-5-2)15(19)12-9-11(21-3)6-7-13(12)16/h6-7,9H,4-5,8,10H2,1-3H3. The first-order chi connectivity index (χ1) is 10.0. The minimum Gasteiger partial charge on any atom is -0.465 e. The molecule has 116 valence electrons. The summed E-state index contributed by atoms with van der Waals surface area (Å²) < 4.78 is 4.91. The first-order valence-corrected chi connectivity index (χ1v) is 8.42. The monoisotopic (exact) mass is 329 g/mol. The van der Waals surface area contributed by atoms with Crippen molar-refractivity contribution in [2.24, 2.45) is 0 Å². The van der Waals surface area contributed by atoms with Crippen molar-refractivity contribution in [1.82, 2.24) is 4.90 Å². The maximum absolute atomic E-state index is 12.6. The lowest BCUT2D eigenvalue weighted by Gasteiger charge is -2.21. The van der Waals surface area contributed by atoms with Gasteiger partial charge in [0.2, 0.25) is 0 Å². The molecule has 0 aliphatic rings. The lowest BCUT2D eigenvalue weighted by molar-refractivity contribution is -0.143. The van der Waals surface area contributed by atoms with E-state index in [0.717, 1.165) is 11.3 Å². The number of ether oxygens (including phenoxy) is 1. The van der Waals surface area contributed by atoms with E-state index >= 15 is 0 Å². The Morgan fingerprint density at radius 2 is 2.05 bits per heavy atom. The molecule has 0 aromatic heterocycles. The van der Waals surface area contributed by atoms with Gasteiger partial charge in [-0.1, -0.05) is 18.5 Å². The van der Waals surface area contributed by atoms with Crippen LogP contribution in [0.4, 0.5) is 0 Å². The van der Waals surface area contributed by atoms with Gasteiger partial charge < -0.3 is 9.64 Å². The molecule has 1 aromatic rings. The Hall–Kier alpha value is -1.20. The van der Waals surface area contributed by atoms with Crippen LogP contribution >= 0.6 is 23.4 Å². The van der Waals surface area contributed by atoms with Crippen molar-refractivity contribution in [2.45, 2.75) is 25.2 Å². The molecule has 0 fully saturated rings. The van der Waals surface area contributed by atoms with Crippen LogP contribution < -0.4 is 0 Å². The Balaban J connectivity index is 2.97. The molecule has 0 aliphatic heterocycles. The van der Waals surface area contributed by atoms with Crippen molar-refractivity contribution < 1.29 is 14.3 Å². The average Bonchev–Trinajstić information content (AvgIpc) is 2.47. The maximum Gasteiger partial charge on any atom is 0.325 e. The van der Waals surface area contributed by atoms with E-state index < -0.39 is 5.97 Å². The largest absolute Gasteiger partial charge is 0.465 e. The molecule has 0 unspecified atom stereocenters. The average molecular weight is 330 g/mol. The Kier molecular flexibility index (Phi) is 7.61. The van der Waals surface area contributed by atoms with Crippen LogP contribution in [0.3, 0.4) is 0 Å². The zero-order chi connectivity index (χ0) is 15.8. The zero-order valence-corrected chi connectivity index (χ0v) is 14.1. The number of halogens is 1. The highest BCUT2D eigenvalue weighted by atomic mass is 35.5. The molecule has 0 radical (unpaired) electrons. The van der Waals surface area contributed by atoms with Gasteiger partial charge in [0, 0.05) is 11.4 Å². The first-order valence-electron chi connectivity index (χ1n) is 6.81. The molecule has 0 spiro atoms. The second kappa shape index (κ2) is 8.95. The van der Waals surface area contributed by atoms with E-state index in [2.05, 4.69) is 0 Å². The minimum absolute atomic E-state index is 0.0552. The smallest absolute Gasteiger partial charge is 0.325 e.